The van der Waals surface area contributed by atoms with Crippen LogP contribution in [0.5, 0.6) is 0 Å². The van der Waals surface area contributed by atoms with Crippen molar-refractivity contribution in [2.24, 2.45) is 4.99 Å². The maximum Gasteiger partial charge on any atom is 0.191 e. The Labute approximate surface area is 120 Å². The van der Waals surface area contributed by atoms with Gasteiger partial charge in [0.2, 0.25) is 0 Å². The molecule has 20 heavy (non-hydrogen) atoms. The summed E-state index contributed by atoms with van der Waals surface area (Å²) in [5.41, 5.74) is 0.814. The van der Waals surface area contributed by atoms with Crippen molar-refractivity contribution in [1.29, 1.82) is 0 Å². The minimum Gasteiger partial charge on any atom is -0.357 e. The van der Waals surface area contributed by atoms with E-state index in [4.69, 9.17) is 0 Å². The lowest BCUT2D eigenvalue weighted by atomic mass is 10.1. The van der Waals surface area contributed by atoms with Crippen LogP contribution < -0.4 is 10.6 Å². The summed E-state index contributed by atoms with van der Waals surface area (Å²) in [4.78, 5) is 4.53. The molecule has 1 aromatic carbocycles. The highest BCUT2D eigenvalue weighted by atomic mass is 19.1. The van der Waals surface area contributed by atoms with Crippen LogP contribution in [-0.2, 0) is 0 Å². The summed E-state index contributed by atoms with van der Waals surface area (Å²) in [5.74, 6) is 1.02. The number of guanidine groups is 1. The number of hydrogen-bond acceptors (Lipinski definition) is 1. The second kappa shape index (κ2) is 7.27. The van der Waals surface area contributed by atoms with E-state index in [0.717, 1.165) is 43.9 Å². The van der Waals surface area contributed by atoms with Gasteiger partial charge in [-0.1, -0.05) is 31.5 Å². The van der Waals surface area contributed by atoms with Crippen LogP contribution in [0, 0.1) is 5.82 Å². The Morgan fingerprint density at radius 2 is 2.15 bits per heavy atom. The average Bonchev–Trinajstić information content (AvgIpc) is 3.19. The first-order chi connectivity index (χ1) is 9.76. The molecule has 0 bridgehead atoms. The van der Waals surface area contributed by atoms with Gasteiger partial charge in [0.25, 0.3) is 0 Å². The first kappa shape index (κ1) is 14.8. The van der Waals surface area contributed by atoms with Gasteiger partial charge in [-0.3, -0.25) is 4.99 Å². The third kappa shape index (κ3) is 3.95. The molecule has 0 amide bonds. The lowest BCUT2D eigenvalue weighted by Gasteiger charge is -2.11. The molecular formula is C16H24FN3. The third-order valence-electron chi connectivity index (χ3n) is 3.54. The van der Waals surface area contributed by atoms with Gasteiger partial charge in [-0.2, -0.15) is 0 Å². The van der Waals surface area contributed by atoms with Crippen molar-refractivity contribution >= 4 is 5.96 Å². The minimum atomic E-state index is -0.102. The normalized spacial score (nSPS) is 21.6. The maximum atomic E-state index is 13.7. The van der Waals surface area contributed by atoms with Gasteiger partial charge >= 0.3 is 0 Å². The van der Waals surface area contributed by atoms with Crippen molar-refractivity contribution < 1.29 is 4.39 Å². The summed E-state index contributed by atoms with van der Waals surface area (Å²) in [6.45, 7) is 5.89. The highest BCUT2D eigenvalue weighted by Gasteiger charge is 2.40. The number of nitrogens with zero attached hydrogens (tertiary/aromatic N) is 1. The quantitative estimate of drug-likeness (QED) is 0.476. The fourth-order valence-corrected chi connectivity index (χ4v) is 2.32. The molecule has 2 unspecified atom stereocenters. The second-order valence-electron chi connectivity index (χ2n) is 5.23. The highest BCUT2D eigenvalue weighted by molar-refractivity contribution is 5.80. The van der Waals surface area contributed by atoms with Crippen molar-refractivity contribution in [1.82, 2.24) is 10.6 Å². The van der Waals surface area contributed by atoms with Gasteiger partial charge in [-0.25, -0.2) is 4.39 Å². The molecule has 0 aromatic heterocycles. The van der Waals surface area contributed by atoms with Crippen LogP contribution in [0.25, 0.3) is 0 Å². The summed E-state index contributed by atoms with van der Waals surface area (Å²) in [7, 11) is 0. The Morgan fingerprint density at radius 3 is 2.85 bits per heavy atom. The predicted molar refractivity (Wildman–Crippen MR) is 81.6 cm³/mol. The van der Waals surface area contributed by atoms with E-state index >= 15 is 0 Å². The molecule has 2 atom stereocenters. The van der Waals surface area contributed by atoms with E-state index in [1.54, 1.807) is 6.07 Å². The topological polar surface area (TPSA) is 36.4 Å². The van der Waals surface area contributed by atoms with Crippen LogP contribution in [0.2, 0.25) is 0 Å². The molecule has 1 aromatic rings. The number of nitrogens with one attached hydrogen (secondary N) is 2. The van der Waals surface area contributed by atoms with Crippen molar-refractivity contribution in [2.75, 3.05) is 13.1 Å². The second-order valence-corrected chi connectivity index (χ2v) is 5.23. The number of halogens is 1. The number of benzene rings is 1. The Kier molecular flexibility index (Phi) is 5.39. The molecule has 1 fully saturated rings. The van der Waals surface area contributed by atoms with Gasteiger partial charge in [-0.05, 0) is 31.4 Å². The third-order valence-corrected chi connectivity index (χ3v) is 3.54. The molecule has 0 saturated heterocycles. The number of aliphatic imine (C=N–C) groups is 1. The van der Waals surface area contributed by atoms with E-state index in [0.29, 0.717) is 6.04 Å². The molecule has 1 aliphatic rings. The molecule has 110 valence electrons. The maximum absolute atomic E-state index is 13.7. The van der Waals surface area contributed by atoms with E-state index in [1.165, 1.54) is 6.07 Å². The summed E-state index contributed by atoms with van der Waals surface area (Å²) >= 11 is 0. The smallest absolute Gasteiger partial charge is 0.191 e. The SMILES string of the molecule is CCCCN=C(NCC)NC1CC1c1ccccc1F. The Morgan fingerprint density at radius 1 is 1.35 bits per heavy atom. The minimum absolute atomic E-state index is 0.102. The van der Waals surface area contributed by atoms with Gasteiger partial charge in [0.15, 0.2) is 5.96 Å². The zero-order valence-corrected chi connectivity index (χ0v) is 12.3. The van der Waals surface area contributed by atoms with Crippen molar-refractivity contribution in [3.05, 3.63) is 35.6 Å². The van der Waals surface area contributed by atoms with E-state index in [9.17, 15) is 4.39 Å². The largest absolute Gasteiger partial charge is 0.357 e. The van der Waals surface area contributed by atoms with Crippen LogP contribution in [0.3, 0.4) is 0 Å². The molecular weight excluding hydrogens is 253 g/mol. The fraction of sp³-hybridized carbons (Fsp3) is 0.562. The molecule has 2 rings (SSSR count). The molecule has 1 saturated carbocycles. The molecule has 1 aliphatic carbocycles. The summed E-state index contributed by atoms with van der Waals surface area (Å²) in [6, 6.07) is 7.34. The van der Waals surface area contributed by atoms with E-state index in [1.807, 2.05) is 12.1 Å². The molecule has 0 radical (unpaired) electrons. The molecule has 0 aliphatic heterocycles. The van der Waals surface area contributed by atoms with Crippen LogP contribution in [0.4, 0.5) is 4.39 Å². The molecule has 2 N–H and O–H groups in total. The summed E-state index contributed by atoms with van der Waals surface area (Å²) < 4.78 is 13.7. The van der Waals surface area contributed by atoms with Crippen LogP contribution in [0.1, 0.15) is 44.6 Å². The molecule has 0 heterocycles. The van der Waals surface area contributed by atoms with Gasteiger partial charge < -0.3 is 10.6 Å². The van der Waals surface area contributed by atoms with Gasteiger partial charge in [-0.15, -0.1) is 0 Å². The lowest BCUT2D eigenvalue weighted by Crippen LogP contribution is -2.39. The highest BCUT2D eigenvalue weighted by Crippen LogP contribution is 2.41. The predicted octanol–water partition coefficient (Wildman–Crippen LogP) is 3.04. The number of hydrogen-bond donors (Lipinski definition) is 2. The Hall–Kier alpha value is -1.58. The number of rotatable bonds is 6. The zero-order valence-electron chi connectivity index (χ0n) is 12.3. The Balaban J connectivity index is 1.90. The van der Waals surface area contributed by atoms with Crippen molar-refractivity contribution in [3.8, 4) is 0 Å². The van der Waals surface area contributed by atoms with E-state index in [2.05, 4.69) is 29.5 Å². The summed E-state index contributed by atoms with van der Waals surface area (Å²) in [5, 5.41) is 6.64. The van der Waals surface area contributed by atoms with Crippen LogP contribution in [-0.4, -0.2) is 25.1 Å². The molecule has 4 heteroatoms. The average molecular weight is 277 g/mol. The molecule has 0 spiro atoms. The first-order valence-electron chi connectivity index (χ1n) is 7.55. The van der Waals surface area contributed by atoms with Crippen molar-refractivity contribution in [2.45, 2.75) is 45.1 Å². The Bertz CT molecular complexity index is 459. The van der Waals surface area contributed by atoms with E-state index < -0.39 is 0 Å². The lowest BCUT2D eigenvalue weighted by molar-refractivity contribution is 0.607. The van der Waals surface area contributed by atoms with Crippen LogP contribution in [0.15, 0.2) is 29.3 Å². The van der Waals surface area contributed by atoms with Gasteiger partial charge in [0.1, 0.15) is 5.82 Å². The monoisotopic (exact) mass is 277 g/mol. The van der Waals surface area contributed by atoms with Gasteiger partial charge in [0.05, 0.1) is 0 Å². The summed E-state index contributed by atoms with van der Waals surface area (Å²) in [6.07, 6.45) is 3.21. The fourth-order valence-electron chi connectivity index (χ4n) is 2.32. The molecule has 3 nitrogen and oxygen atoms in total. The van der Waals surface area contributed by atoms with Crippen LogP contribution >= 0.6 is 0 Å². The van der Waals surface area contributed by atoms with Crippen molar-refractivity contribution in [3.63, 3.8) is 0 Å². The number of unbranched alkanes of at least 4 members (excludes halogenated alkanes) is 1. The zero-order chi connectivity index (χ0) is 14.4. The van der Waals surface area contributed by atoms with E-state index in [-0.39, 0.29) is 11.7 Å². The van der Waals surface area contributed by atoms with Gasteiger partial charge in [0, 0.05) is 25.0 Å². The standard InChI is InChI=1S/C16H24FN3/c1-3-5-10-19-16(18-4-2)20-15-11-13(15)12-8-6-7-9-14(12)17/h6-9,13,15H,3-5,10-11H2,1-2H3,(H2,18,19,20). The first-order valence-corrected chi connectivity index (χ1v) is 7.55.